The molecular weight excluding hydrogens is 256 g/mol. The first-order chi connectivity index (χ1) is 10.1. The Hall–Kier alpha value is -2.02. The lowest BCUT2D eigenvalue weighted by Crippen LogP contribution is -1.90. The minimum atomic E-state index is 0.439. The van der Waals surface area contributed by atoms with Crippen LogP contribution in [-0.4, -0.2) is 5.11 Å². The van der Waals surface area contributed by atoms with Gasteiger partial charge >= 0.3 is 0 Å². The molecule has 0 atom stereocenters. The fraction of sp³-hybridized carbons (Fsp3) is 0.300. The minimum Gasteiger partial charge on any atom is -0.507 e. The van der Waals surface area contributed by atoms with Crippen LogP contribution in [0.3, 0.4) is 0 Å². The highest BCUT2D eigenvalue weighted by atomic mass is 16.3. The second-order valence-electron chi connectivity index (χ2n) is 5.88. The molecule has 1 nitrogen and oxygen atoms in total. The topological polar surface area (TPSA) is 20.2 Å². The first kappa shape index (κ1) is 13.9. The number of aryl methyl sites for hydroxylation is 3. The number of phenols is 1. The van der Waals surface area contributed by atoms with Gasteiger partial charge in [0.25, 0.3) is 0 Å². The molecule has 0 amide bonds. The Bertz CT molecular complexity index is 815. The Balaban J connectivity index is 2.30. The van der Waals surface area contributed by atoms with Crippen LogP contribution in [0.25, 0.3) is 21.5 Å². The fourth-order valence-electron chi connectivity index (χ4n) is 3.14. The van der Waals surface area contributed by atoms with Crippen molar-refractivity contribution in [1.29, 1.82) is 0 Å². The number of aromatic hydroxyl groups is 1. The van der Waals surface area contributed by atoms with E-state index in [0.29, 0.717) is 5.75 Å². The van der Waals surface area contributed by atoms with E-state index in [1.54, 1.807) is 0 Å². The third-order valence-corrected chi connectivity index (χ3v) is 4.39. The molecule has 0 radical (unpaired) electrons. The van der Waals surface area contributed by atoms with Gasteiger partial charge in [0.2, 0.25) is 0 Å². The maximum absolute atomic E-state index is 10.4. The van der Waals surface area contributed by atoms with Crippen molar-refractivity contribution in [2.45, 2.75) is 40.0 Å². The predicted molar refractivity (Wildman–Crippen MR) is 91.2 cm³/mol. The Morgan fingerprint density at radius 3 is 2.33 bits per heavy atom. The lowest BCUT2D eigenvalue weighted by Gasteiger charge is -2.11. The highest BCUT2D eigenvalue weighted by Gasteiger charge is 2.08. The summed E-state index contributed by atoms with van der Waals surface area (Å²) < 4.78 is 0. The number of hydrogen-bond acceptors (Lipinski definition) is 1. The molecule has 108 valence electrons. The molecule has 0 bridgehead atoms. The largest absolute Gasteiger partial charge is 0.507 e. The van der Waals surface area contributed by atoms with Crippen molar-refractivity contribution in [3.05, 3.63) is 53.1 Å². The van der Waals surface area contributed by atoms with Crippen LogP contribution in [0.15, 0.2) is 36.4 Å². The van der Waals surface area contributed by atoms with Gasteiger partial charge < -0.3 is 5.11 Å². The van der Waals surface area contributed by atoms with Crippen molar-refractivity contribution in [3.63, 3.8) is 0 Å². The smallest absolute Gasteiger partial charge is 0.126 e. The van der Waals surface area contributed by atoms with E-state index in [1.807, 2.05) is 6.07 Å². The SMILES string of the molecule is CCCc1cc2cc3c(O)c(CC)ccc3cc2cc1C. The molecule has 21 heavy (non-hydrogen) atoms. The Kier molecular flexibility index (Phi) is 3.59. The average molecular weight is 278 g/mol. The highest BCUT2D eigenvalue weighted by Crippen LogP contribution is 2.33. The molecule has 3 aromatic carbocycles. The van der Waals surface area contributed by atoms with Crippen LogP contribution in [0.4, 0.5) is 0 Å². The molecule has 0 aliphatic heterocycles. The zero-order valence-corrected chi connectivity index (χ0v) is 13.0. The number of hydrogen-bond donors (Lipinski definition) is 1. The van der Waals surface area contributed by atoms with Gasteiger partial charge in [-0.2, -0.15) is 0 Å². The molecule has 0 spiro atoms. The van der Waals surface area contributed by atoms with E-state index in [-0.39, 0.29) is 0 Å². The van der Waals surface area contributed by atoms with Crippen molar-refractivity contribution in [1.82, 2.24) is 0 Å². The van der Waals surface area contributed by atoms with Gasteiger partial charge in [-0.1, -0.05) is 44.5 Å². The van der Waals surface area contributed by atoms with E-state index in [1.165, 1.54) is 21.9 Å². The maximum atomic E-state index is 10.4. The molecule has 0 saturated heterocycles. The summed E-state index contributed by atoms with van der Waals surface area (Å²) in [5.41, 5.74) is 3.79. The van der Waals surface area contributed by atoms with Gasteiger partial charge in [0.15, 0.2) is 0 Å². The van der Waals surface area contributed by atoms with Gasteiger partial charge in [-0.05, 0) is 64.7 Å². The van der Waals surface area contributed by atoms with Crippen LogP contribution in [-0.2, 0) is 12.8 Å². The van der Waals surface area contributed by atoms with Crippen LogP contribution < -0.4 is 0 Å². The summed E-state index contributed by atoms with van der Waals surface area (Å²) in [6, 6.07) is 13.0. The zero-order chi connectivity index (χ0) is 15.0. The van der Waals surface area contributed by atoms with Gasteiger partial charge in [-0.3, -0.25) is 0 Å². The normalized spacial score (nSPS) is 11.4. The second-order valence-corrected chi connectivity index (χ2v) is 5.88. The number of phenolic OH excluding ortho intramolecular Hbond substituents is 1. The summed E-state index contributed by atoms with van der Waals surface area (Å²) in [4.78, 5) is 0. The molecule has 3 aromatic rings. The van der Waals surface area contributed by atoms with E-state index in [4.69, 9.17) is 0 Å². The third kappa shape index (κ3) is 2.37. The van der Waals surface area contributed by atoms with Gasteiger partial charge in [0.05, 0.1) is 0 Å². The summed E-state index contributed by atoms with van der Waals surface area (Å²) in [5.74, 6) is 0.439. The van der Waals surface area contributed by atoms with Crippen molar-refractivity contribution in [2.24, 2.45) is 0 Å². The van der Waals surface area contributed by atoms with Crippen LogP contribution in [0, 0.1) is 6.92 Å². The summed E-state index contributed by atoms with van der Waals surface area (Å²) >= 11 is 0. The van der Waals surface area contributed by atoms with Gasteiger partial charge in [0, 0.05) is 5.39 Å². The van der Waals surface area contributed by atoms with Crippen LogP contribution in [0.2, 0.25) is 0 Å². The van der Waals surface area contributed by atoms with E-state index < -0.39 is 0 Å². The second kappa shape index (κ2) is 5.40. The molecule has 0 aliphatic carbocycles. The van der Waals surface area contributed by atoms with Crippen molar-refractivity contribution in [2.75, 3.05) is 0 Å². The molecule has 1 N–H and O–H groups in total. The Morgan fingerprint density at radius 2 is 1.62 bits per heavy atom. The van der Waals surface area contributed by atoms with E-state index in [2.05, 4.69) is 51.1 Å². The standard InChI is InChI=1S/C20H22O/c1-4-6-15-10-18-12-19-16(11-17(18)9-13(15)3)8-7-14(5-2)20(19)21/h7-12,21H,4-6H2,1-3H3. The number of fused-ring (bicyclic) bond motifs is 2. The molecule has 0 aliphatic rings. The summed E-state index contributed by atoms with van der Waals surface area (Å²) in [5, 5.41) is 15.0. The van der Waals surface area contributed by atoms with Gasteiger partial charge in [0.1, 0.15) is 5.75 Å². The fourth-order valence-corrected chi connectivity index (χ4v) is 3.14. The first-order valence-electron chi connectivity index (χ1n) is 7.82. The van der Waals surface area contributed by atoms with E-state index in [0.717, 1.165) is 35.6 Å². The minimum absolute atomic E-state index is 0.439. The van der Waals surface area contributed by atoms with Crippen LogP contribution in [0.5, 0.6) is 5.75 Å². The molecular formula is C20H22O. The Labute approximate surface area is 126 Å². The molecule has 3 rings (SSSR count). The highest BCUT2D eigenvalue weighted by molar-refractivity contribution is 6.01. The van der Waals surface area contributed by atoms with Crippen molar-refractivity contribution < 1.29 is 5.11 Å². The molecule has 1 heteroatoms. The summed E-state index contributed by atoms with van der Waals surface area (Å²) in [6.07, 6.45) is 3.13. The zero-order valence-electron chi connectivity index (χ0n) is 13.0. The van der Waals surface area contributed by atoms with Gasteiger partial charge in [-0.15, -0.1) is 0 Å². The Morgan fingerprint density at radius 1 is 0.857 bits per heavy atom. The molecule has 0 fully saturated rings. The maximum Gasteiger partial charge on any atom is 0.126 e. The number of rotatable bonds is 3. The van der Waals surface area contributed by atoms with Crippen molar-refractivity contribution >= 4 is 21.5 Å². The van der Waals surface area contributed by atoms with E-state index >= 15 is 0 Å². The average Bonchev–Trinajstić information content (AvgIpc) is 2.47. The first-order valence-corrected chi connectivity index (χ1v) is 7.82. The lowest BCUT2D eigenvalue weighted by molar-refractivity contribution is 0.475. The molecule has 0 unspecified atom stereocenters. The van der Waals surface area contributed by atoms with Crippen molar-refractivity contribution in [3.8, 4) is 5.75 Å². The van der Waals surface area contributed by atoms with Crippen LogP contribution >= 0.6 is 0 Å². The van der Waals surface area contributed by atoms with Gasteiger partial charge in [-0.25, -0.2) is 0 Å². The molecule has 0 heterocycles. The summed E-state index contributed by atoms with van der Waals surface area (Å²) in [6.45, 7) is 6.47. The molecule has 0 saturated carbocycles. The lowest BCUT2D eigenvalue weighted by atomic mass is 9.95. The summed E-state index contributed by atoms with van der Waals surface area (Å²) in [7, 11) is 0. The molecule has 0 aromatic heterocycles. The van der Waals surface area contributed by atoms with Crippen LogP contribution in [0.1, 0.15) is 37.0 Å². The number of benzene rings is 3. The third-order valence-electron chi connectivity index (χ3n) is 4.39. The van der Waals surface area contributed by atoms with E-state index in [9.17, 15) is 5.11 Å². The quantitative estimate of drug-likeness (QED) is 0.625. The monoisotopic (exact) mass is 278 g/mol. The predicted octanol–water partition coefficient (Wildman–Crippen LogP) is 5.52.